The van der Waals surface area contributed by atoms with Crippen LogP contribution < -0.4 is 0 Å². The summed E-state index contributed by atoms with van der Waals surface area (Å²) in [6.45, 7) is 5.79. The molecule has 4 heteroatoms. The Bertz CT molecular complexity index is 582. The largest absolute Gasteiger partial charge is 0.481 e. The van der Waals surface area contributed by atoms with Crippen molar-refractivity contribution in [2.45, 2.75) is 32.6 Å². The van der Waals surface area contributed by atoms with Crippen molar-refractivity contribution in [3.8, 4) is 11.3 Å². The lowest BCUT2D eigenvalue weighted by molar-refractivity contribution is -0.138. The van der Waals surface area contributed by atoms with Gasteiger partial charge in [-0.3, -0.25) is 4.79 Å². The van der Waals surface area contributed by atoms with Crippen molar-refractivity contribution in [1.29, 1.82) is 0 Å². The van der Waals surface area contributed by atoms with E-state index in [1.54, 1.807) is 6.20 Å². The van der Waals surface area contributed by atoms with Crippen molar-refractivity contribution in [3.05, 3.63) is 41.9 Å². The van der Waals surface area contributed by atoms with E-state index >= 15 is 0 Å². The number of aliphatic carboxylic acids is 1. The summed E-state index contributed by atoms with van der Waals surface area (Å²) in [6, 6.07) is 8.13. The Kier molecular flexibility index (Phi) is 3.42. The topological polar surface area (TPSA) is 66.0 Å². The molecule has 0 saturated carbocycles. The second-order valence-corrected chi connectivity index (χ2v) is 5.47. The van der Waals surface area contributed by atoms with Crippen molar-refractivity contribution in [3.63, 3.8) is 0 Å². The molecule has 0 aliphatic rings. The molecule has 1 aromatic heterocycles. The van der Waals surface area contributed by atoms with E-state index in [0.717, 1.165) is 11.3 Å². The molecule has 0 fully saturated rings. The Balaban J connectivity index is 2.28. The van der Waals surface area contributed by atoms with Crippen molar-refractivity contribution in [2.24, 2.45) is 0 Å². The quantitative estimate of drug-likeness (QED) is 0.885. The van der Waals surface area contributed by atoms with Crippen molar-refractivity contribution in [1.82, 2.24) is 9.97 Å². The number of imidazole rings is 1. The fraction of sp³-hybridized carbons (Fsp3) is 0.333. The van der Waals surface area contributed by atoms with E-state index in [1.807, 2.05) is 45.0 Å². The van der Waals surface area contributed by atoms with Crippen LogP contribution in [0.25, 0.3) is 11.3 Å². The van der Waals surface area contributed by atoms with Gasteiger partial charge in [0, 0.05) is 5.41 Å². The summed E-state index contributed by atoms with van der Waals surface area (Å²) in [4.78, 5) is 18.4. The van der Waals surface area contributed by atoms with Crippen LogP contribution in [-0.2, 0) is 10.2 Å². The molecule has 0 amide bonds. The second kappa shape index (κ2) is 4.88. The maximum absolute atomic E-state index is 10.9. The molecule has 19 heavy (non-hydrogen) atoms. The van der Waals surface area contributed by atoms with E-state index in [0.29, 0.717) is 5.82 Å². The Morgan fingerprint density at radius 2 is 1.95 bits per heavy atom. The van der Waals surface area contributed by atoms with Crippen LogP contribution in [0.1, 0.15) is 31.7 Å². The minimum absolute atomic E-state index is 0.0495. The zero-order valence-electron chi connectivity index (χ0n) is 11.4. The van der Waals surface area contributed by atoms with Crippen LogP contribution in [0.15, 0.2) is 30.5 Å². The van der Waals surface area contributed by atoms with Gasteiger partial charge in [-0.05, 0) is 12.5 Å². The summed E-state index contributed by atoms with van der Waals surface area (Å²) in [6.07, 6.45) is 1.80. The minimum atomic E-state index is -0.821. The van der Waals surface area contributed by atoms with Gasteiger partial charge < -0.3 is 10.1 Å². The molecule has 100 valence electrons. The van der Waals surface area contributed by atoms with Gasteiger partial charge in [0.1, 0.15) is 5.82 Å². The minimum Gasteiger partial charge on any atom is -0.481 e. The van der Waals surface area contributed by atoms with Crippen molar-refractivity contribution in [2.75, 3.05) is 0 Å². The number of hydrogen-bond donors (Lipinski definition) is 2. The predicted molar refractivity (Wildman–Crippen MR) is 74.0 cm³/mol. The van der Waals surface area contributed by atoms with Gasteiger partial charge in [-0.1, -0.05) is 43.7 Å². The summed E-state index contributed by atoms with van der Waals surface area (Å²) in [7, 11) is 0. The monoisotopic (exact) mass is 258 g/mol. The first-order chi connectivity index (χ1) is 8.88. The SMILES string of the molecule is Cc1ccc(-c2cnc(C(C)(C)CC(=O)O)[nH]2)cc1. The first-order valence-corrected chi connectivity index (χ1v) is 6.23. The average molecular weight is 258 g/mol. The molecular formula is C15H18N2O2. The smallest absolute Gasteiger partial charge is 0.304 e. The number of aromatic amines is 1. The van der Waals surface area contributed by atoms with Crippen molar-refractivity contribution >= 4 is 5.97 Å². The summed E-state index contributed by atoms with van der Waals surface area (Å²) >= 11 is 0. The maximum Gasteiger partial charge on any atom is 0.304 e. The third kappa shape index (κ3) is 3.02. The van der Waals surface area contributed by atoms with Gasteiger partial charge in [-0.25, -0.2) is 4.98 Å². The van der Waals surface area contributed by atoms with Gasteiger partial charge in [0.15, 0.2) is 0 Å². The maximum atomic E-state index is 10.9. The number of carbonyl (C=O) groups is 1. The number of H-pyrrole nitrogens is 1. The summed E-state index contributed by atoms with van der Waals surface area (Å²) in [5, 5.41) is 8.92. The summed E-state index contributed by atoms with van der Waals surface area (Å²) in [5.41, 5.74) is 2.66. The van der Waals surface area contributed by atoms with E-state index in [9.17, 15) is 4.79 Å². The third-order valence-corrected chi connectivity index (χ3v) is 3.17. The standard InChI is InChI=1S/C15H18N2O2/c1-10-4-6-11(7-5-10)12-9-16-14(17-12)15(2,3)8-13(18)19/h4-7,9H,8H2,1-3H3,(H,16,17)(H,18,19). The first-order valence-electron chi connectivity index (χ1n) is 6.23. The third-order valence-electron chi connectivity index (χ3n) is 3.17. The lowest BCUT2D eigenvalue weighted by atomic mass is 9.88. The van der Waals surface area contributed by atoms with Crippen LogP contribution >= 0.6 is 0 Å². The van der Waals surface area contributed by atoms with Gasteiger partial charge >= 0.3 is 5.97 Å². The van der Waals surface area contributed by atoms with Gasteiger partial charge in [-0.2, -0.15) is 0 Å². The molecule has 1 aromatic carbocycles. The number of hydrogen-bond acceptors (Lipinski definition) is 2. The molecule has 0 bridgehead atoms. The molecule has 1 heterocycles. The summed E-state index contributed by atoms with van der Waals surface area (Å²) < 4.78 is 0. The van der Waals surface area contributed by atoms with E-state index in [-0.39, 0.29) is 6.42 Å². The van der Waals surface area contributed by atoms with E-state index in [1.165, 1.54) is 5.56 Å². The number of nitrogens with zero attached hydrogens (tertiary/aromatic N) is 1. The molecule has 0 saturated heterocycles. The molecule has 0 aliphatic heterocycles. The molecule has 2 aromatic rings. The molecule has 0 aliphatic carbocycles. The Morgan fingerprint density at radius 1 is 1.32 bits per heavy atom. The van der Waals surface area contributed by atoms with Crippen LogP contribution in [0.3, 0.4) is 0 Å². The highest BCUT2D eigenvalue weighted by atomic mass is 16.4. The van der Waals surface area contributed by atoms with E-state index < -0.39 is 11.4 Å². The van der Waals surface area contributed by atoms with Gasteiger partial charge in [0.2, 0.25) is 0 Å². The highest BCUT2D eigenvalue weighted by Gasteiger charge is 2.27. The zero-order chi connectivity index (χ0) is 14.0. The lowest BCUT2D eigenvalue weighted by Gasteiger charge is -2.19. The predicted octanol–water partition coefficient (Wildman–Crippen LogP) is 3.14. The number of nitrogens with one attached hydrogen (secondary N) is 1. The number of carboxylic acid groups (broad SMARTS) is 1. The fourth-order valence-electron chi connectivity index (χ4n) is 2.01. The Hall–Kier alpha value is -2.10. The average Bonchev–Trinajstić information content (AvgIpc) is 2.78. The highest BCUT2D eigenvalue weighted by Crippen LogP contribution is 2.27. The number of aryl methyl sites for hydroxylation is 1. The second-order valence-electron chi connectivity index (χ2n) is 5.47. The van der Waals surface area contributed by atoms with Crippen LogP contribution in [0.4, 0.5) is 0 Å². The van der Waals surface area contributed by atoms with Crippen LogP contribution in [0.2, 0.25) is 0 Å². The van der Waals surface area contributed by atoms with Crippen LogP contribution in [-0.4, -0.2) is 21.0 Å². The van der Waals surface area contributed by atoms with Crippen molar-refractivity contribution < 1.29 is 9.90 Å². The number of carboxylic acids is 1. The van der Waals surface area contributed by atoms with Crippen LogP contribution in [0.5, 0.6) is 0 Å². The molecule has 4 nitrogen and oxygen atoms in total. The van der Waals surface area contributed by atoms with Gasteiger partial charge in [-0.15, -0.1) is 0 Å². The molecule has 0 radical (unpaired) electrons. The molecule has 2 rings (SSSR count). The molecule has 0 unspecified atom stereocenters. The lowest BCUT2D eigenvalue weighted by Crippen LogP contribution is -2.23. The molecule has 2 N–H and O–H groups in total. The van der Waals surface area contributed by atoms with Crippen LogP contribution in [0, 0.1) is 6.92 Å². The van der Waals surface area contributed by atoms with E-state index in [2.05, 4.69) is 9.97 Å². The summed E-state index contributed by atoms with van der Waals surface area (Å²) in [5.74, 6) is -0.122. The molecule has 0 spiro atoms. The van der Waals surface area contributed by atoms with E-state index in [4.69, 9.17) is 5.11 Å². The van der Waals surface area contributed by atoms with Gasteiger partial charge in [0.25, 0.3) is 0 Å². The Morgan fingerprint density at radius 3 is 2.53 bits per heavy atom. The molecular weight excluding hydrogens is 240 g/mol. The zero-order valence-corrected chi connectivity index (χ0v) is 11.4. The highest BCUT2D eigenvalue weighted by molar-refractivity contribution is 5.68. The number of rotatable bonds is 4. The number of aromatic nitrogens is 2. The van der Waals surface area contributed by atoms with Gasteiger partial charge in [0.05, 0.1) is 18.3 Å². The Labute approximate surface area is 112 Å². The fourth-order valence-corrected chi connectivity index (χ4v) is 2.01. The first kappa shape index (κ1) is 13.3. The molecule has 0 atom stereocenters. The number of benzene rings is 1. The normalized spacial score (nSPS) is 11.5.